The van der Waals surface area contributed by atoms with Gasteiger partial charge in [0.25, 0.3) is 0 Å². The van der Waals surface area contributed by atoms with Crippen molar-refractivity contribution >= 4 is 22.8 Å². The van der Waals surface area contributed by atoms with Gasteiger partial charge in [-0.05, 0) is 26.7 Å². The molecule has 2 fully saturated rings. The van der Waals surface area contributed by atoms with Crippen LogP contribution in [0.4, 0.5) is 0 Å². The lowest BCUT2D eigenvalue weighted by Gasteiger charge is -2.39. The molecule has 5 heteroatoms. The van der Waals surface area contributed by atoms with Crippen molar-refractivity contribution in [2.75, 3.05) is 13.7 Å². The van der Waals surface area contributed by atoms with Crippen LogP contribution in [0.2, 0.25) is 0 Å². The van der Waals surface area contributed by atoms with E-state index in [0.29, 0.717) is 6.61 Å². The zero-order valence-electron chi connectivity index (χ0n) is 9.29. The maximum atomic E-state index is 11.9. The number of hydrogen-bond acceptors (Lipinski definition) is 4. The Morgan fingerprint density at radius 2 is 2.27 bits per heavy atom. The van der Waals surface area contributed by atoms with Crippen molar-refractivity contribution in [1.82, 2.24) is 5.32 Å². The van der Waals surface area contributed by atoms with Gasteiger partial charge in [0.15, 0.2) is 5.17 Å². The first-order valence-electron chi connectivity index (χ1n) is 5.09. The molecule has 84 valence electrons. The summed E-state index contributed by atoms with van der Waals surface area (Å²) in [5.74, 6) is 0.0875. The fourth-order valence-electron chi connectivity index (χ4n) is 2.17. The van der Waals surface area contributed by atoms with E-state index in [1.165, 1.54) is 0 Å². The normalized spacial score (nSPS) is 37.3. The molecule has 0 saturated carbocycles. The molecule has 2 saturated heterocycles. The summed E-state index contributed by atoms with van der Waals surface area (Å²) >= 11 is 1.55. The first kappa shape index (κ1) is 11.0. The average Bonchev–Trinajstić information content (AvgIpc) is 2.42. The van der Waals surface area contributed by atoms with Gasteiger partial charge in [-0.1, -0.05) is 11.8 Å². The zero-order valence-corrected chi connectivity index (χ0v) is 10.1. The summed E-state index contributed by atoms with van der Waals surface area (Å²) in [4.78, 5) is 16.0. The van der Waals surface area contributed by atoms with E-state index in [4.69, 9.17) is 4.74 Å². The van der Waals surface area contributed by atoms with Crippen molar-refractivity contribution < 1.29 is 9.53 Å². The summed E-state index contributed by atoms with van der Waals surface area (Å²) in [5.41, 5.74) is -0.216. The third kappa shape index (κ3) is 1.90. The second-order valence-corrected chi connectivity index (χ2v) is 5.99. The molecule has 1 unspecified atom stereocenters. The van der Waals surface area contributed by atoms with Crippen LogP contribution in [0, 0.1) is 0 Å². The summed E-state index contributed by atoms with van der Waals surface area (Å²) in [6.07, 6.45) is 1.52. The van der Waals surface area contributed by atoms with E-state index >= 15 is 0 Å². The molecule has 1 amide bonds. The predicted octanol–water partition coefficient (Wildman–Crippen LogP) is 1.16. The predicted molar refractivity (Wildman–Crippen MR) is 61.1 cm³/mol. The number of nitrogens with one attached hydrogen (secondary N) is 1. The molecule has 0 aromatic rings. The van der Waals surface area contributed by atoms with Crippen molar-refractivity contribution in [3.63, 3.8) is 0 Å². The smallest absolute Gasteiger partial charge is 0.242 e. The number of carbonyl (C=O) groups excluding carboxylic acids is 1. The first-order chi connectivity index (χ1) is 6.97. The minimum atomic E-state index is -0.351. The highest BCUT2D eigenvalue weighted by molar-refractivity contribution is 8.16. The molecule has 0 aromatic carbocycles. The monoisotopic (exact) mass is 228 g/mol. The standard InChI is InChI=1S/C10H16N2O2S/c1-9(2)6-10(4-5-14-9)7(13)12-8(11-3)15-10/h4-6H2,1-3H3,(H,11,12,13). The number of amides is 1. The Kier molecular flexibility index (Phi) is 2.55. The van der Waals surface area contributed by atoms with E-state index < -0.39 is 0 Å². The average molecular weight is 228 g/mol. The van der Waals surface area contributed by atoms with Crippen LogP contribution in [0.25, 0.3) is 0 Å². The molecule has 0 radical (unpaired) electrons. The molecule has 4 nitrogen and oxygen atoms in total. The number of nitrogens with zero attached hydrogens (tertiary/aromatic N) is 1. The largest absolute Gasteiger partial charge is 0.375 e. The van der Waals surface area contributed by atoms with Gasteiger partial charge < -0.3 is 10.1 Å². The lowest BCUT2D eigenvalue weighted by Crippen LogP contribution is -2.48. The number of amidine groups is 1. The third-order valence-electron chi connectivity index (χ3n) is 2.84. The molecule has 2 aliphatic heterocycles. The number of aliphatic imine (C=N–C) groups is 1. The fourth-order valence-corrected chi connectivity index (χ4v) is 3.52. The van der Waals surface area contributed by atoms with E-state index in [1.54, 1.807) is 18.8 Å². The topological polar surface area (TPSA) is 50.7 Å². The number of thioether (sulfide) groups is 1. The lowest BCUT2D eigenvalue weighted by molar-refractivity contribution is -0.129. The Hall–Kier alpha value is -0.550. The van der Waals surface area contributed by atoms with Gasteiger partial charge >= 0.3 is 0 Å². The molecule has 2 aliphatic rings. The molecule has 0 aliphatic carbocycles. The first-order valence-corrected chi connectivity index (χ1v) is 5.90. The van der Waals surface area contributed by atoms with Gasteiger partial charge in [0.2, 0.25) is 5.91 Å². The van der Waals surface area contributed by atoms with Crippen LogP contribution in [0.1, 0.15) is 26.7 Å². The van der Waals surface area contributed by atoms with Crippen LogP contribution in [0.15, 0.2) is 4.99 Å². The Bertz CT molecular complexity index is 327. The molecule has 2 heterocycles. The fraction of sp³-hybridized carbons (Fsp3) is 0.800. The number of rotatable bonds is 0. The Morgan fingerprint density at radius 1 is 1.53 bits per heavy atom. The van der Waals surface area contributed by atoms with Gasteiger partial charge in [-0.15, -0.1) is 0 Å². The van der Waals surface area contributed by atoms with Crippen molar-refractivity contribution in [2.45, 2.75) is 37.0 Å². The molecule has 1 spiro atoms. The Morgan fingerprint density at radius 3 is 2.80 bits per heavy atom. The summed E-state index contributed by atoms with van der Waals surface area (Å²) in [5, 5.41) is 3.55. The van der Waals surface area contributed by atoms with Crippen LogP contribution in [-0.4, -0.2) is 35.1 Å². The van der Waals surface area contributed by atoms with Gasteiger partial charge in [0, 0.05) is 13.7 Å². The van der Waals surface area contributed by atoms with Crippen molar-refractivity contribution in [3.05, 3.63) is 0 Å². The van der Waals surface area contributed by atoms with Gasteiger partial charge in [-0.25, -0.2) is 0 Å². The molecular formula is C10H16N2O2S. The van der Waals surface area contributed by atoms with Crippen LogP contribution >= 0.6 is 11.8 Å². The maximum Gasteiger partial charge on any atom is 0.242 e. The van der Waals surface area contributed by atoms with E-state index in [2.05, 4.69) is 10.3 Å². The second kappa shape index (κ2) is 3.49. The third-order valence-corrected chi connectivity index (χ3v) is 4.24. The lowest BCUT2D eigenvalue weighted by atomic mass is 9.87. The van der Waals surface area contributed by atoms with Gasteiger partial charge in [-0.2, -0.15) is 0 Å². The molecule has 15 heavy (non-hydrogen) atoms. The van der Waals surface area contributed by atoms with Crippen molar-refractivity contribution in [2.24, 2.45) is 4.99 Å². The van der Waals surface area contributed by atoms with Crippen molar-refractivity contribution in [1.29, 1.82) is 0 Å². The van der Waals surface area contributed by atoms with Gasteiger partial charge in [0.05, 0.1) is 5.60 Å². The minimum absolute atomic E-state index is 0.0875. The van der Waals surface area contributed by atoms with E-state index in [0.717, 1.165) is 18.0 Å². The van der Waals surface area contributed by atoms with Crippen LogP contribution in [0.3, 0.4) is 0 Å². The molecule has 1 N–H and O–H groups in total. The van der Waals surface area contributed by atoms with E-state index in [9.17, 15) is 4.79 Å². The number of carbonyl (C=O) groups is 1. The molecule has 0 bridgehead atoms. The highest BCUT2D eigenvalue weighted by Gasteiger charge is 2.51. The summed E-state index contributed by atoms with van der Waals surface area (Å²) < 4.78 is 5.29. The quantitative estimate of drug-likeness (QED) is 0.677. The number of hydrogen-bond donors (Lipinski definition) is 1. The minimum Gasteiger partial charge on any atom is -0.375 e. The molecule has 2 rings (SSSR count). The second-order valence-electron chi connectivity index (χ2n) is 4.61. The summed E-state index contributed by atoms with van der Waals surface area (Å²) in [6, 6.07) is 0. The molecule has 0 aromatic heterocycles. The van der Waals surface area contributed by atoms with Crippen LogP contribution < -0.4 is 5.32 Å². The highest BCUT2D eigenvalue weighted by Crippen LogP contribution is 2.45. The van der Waals surface area contributed by atoms with E-state index in [-0.39, 0.29) is 16.3 Å². The summed E-state index contributed by atoms with van der Waals surface area (Å²) in [6.45, 7) is 4.70. The summed E-state index contributed by atoms with van der Waals surface area (Å²) in [7, 11) is 1.70. The molecular weight excluding hydrogens is 212 g/mol. The zero-order chi connectivity index (χ0) is 11.1. The van der Waals surface area contributed by atoms with Crippen LogP contribution in [-0.2, 0) is 9.53 Å². The number of ether oxygens (including phenoxy) is 1. The highest BCUT2D eigenvalue weighted by atomic mass is 32.2. The van der Waals surface area contributed by atoms with Gasteiger partial charge in [0.1, 0.15) is 4.75 Å². The van der Waals surface area contributed by atoms with Crippen molar-refractivity contribution in [3.8, 4) is 0 Å². The van der Waals surface area contributed by atoms with Gasteiger partial charge in [-0.3, -0.25) is 9.79 Å². The SMILES string of the molecule is CN=C1NC(=O)C2(CCOC(C)(C)C2)S1. The maximum absolute atomic E-state index is 11.9. The van der Waals surface area contributed by atoms with E-state index in [1.807, 2.05) is 13.8 Å². The Balaban J connectivity index is 2.23. The Labute approximate surface area is 93.9 Å². The molecule has 1 atom stereocenters. The van der Waals surface area contributed by atoms with Crippen LogP contribution in [0.5, 0.6) is 0 Å².